The molecule has 2 bridgehead atoms. The second-order valence-corrected chi connectivity index (χ2v) is 48.5. The summed E-state index contributed by atoms with van der Waals surface area (Å²) in [4.78, 5) is 42.6. The predicted molar refractivity (Wildman–Crippen MR) is 225 cm³/mol. The van der Waals surface area contributed by atoms with Crippen LogP contribution >= 0.6 is 81.1 Å². The number of benzene rings is 1. The molecule has 20 heteroatoms. The van der Waals surface area contributed by atoms with Crippen LogP contribution in [-0.2, 0) is 23.6 Å². The van der Waals surface area contributed by atoms with E-state index in [-0.39, 0.29) is 24.2 Å². The summed E-state index contributed by atoms with van der Waals surface area (Å²) in [5.41, 5.74) is -6.78. The maximum absolute atomic E-state index is 15.7. The van der Waals surface area contributed by atoms with Crippen molar-refractivity contribution in [2.45, 2.75) is 83.9 Å². The Kier molecular flexibility index (Phi) is 15.0. The lowest BCUT2D eigenvalue weighted by molar-refractivity contribution is -0.279. The summed E-state index contributed by atoms with van der Waals surface area (Å²) in [5.74, 6) is -5.14. The summed E-state index contributed by atoms with van der Waals surface area (Å²) in [6.07, 6.45) is -4.59. The molecule has 0 aromatic heterocycles. The summed E-state index contributed by atoms with van der Waals surface area (Å²) in [5, 5.41) is 48.6. The van der Waals surface area contributed by atoms with E-state index >= 15 is 4.79 Å². The van der Waals surface area contributed by atoms with Gasteiger partial charge in [0.1, 0.15) is 17.3 Å². The van der Waals surface area contributed by atoms with E-state index in [9.17, 15) is 30.0 Å². The van der Waals surface area contributed by atoms with Crippen LogP contribution in [0, 0.1) is 28.6 Å². The van der Waals surface area contributed by atoms with Gasteiger partial charge in [-0.15, -0.1) is 26.8 Å². The van der Waals surface area contributed by atoms with Crippen LogP contribution in [0.15, 0.2) is 41.7 Å². The number of aliphatic hydroxyl groups excluding tert-OH is 3. The molecule has 0 spiro atoms. The van der Waals surface area contributed by atoms with Crippen molar-refractivity contribution in [1.82, 2.24) is 0 Å². The first-order valence-electron chi connectivity index (χ1n) is 15.9. The van der Waals surface area contributed by atoms with Gasteiger partial charge in [-0.05, 0) is 38.0 Å². The lowest BCUT2D eigenvalue weighted by Crippen LogP contribution is -2.76. The van der Waals surface area contributed by atoms with Crippen molar-refractivity contribution in [2.24, 2.45) is 28.6 Å². The molecule has 10 nitrogen and oxygen atoms in total. The topological polar surface area (TPSA) is 160 Å². The number of ether oxygens (including phenoxy) is 2. The third-order valence-corrected chi connectivity index (χ3v) is 58.1. The first kappa shape index (κ1) is 44.2. The van der Waals surface area contributed by atoms with Crippen LogP contribution in [0.4, 0.5) is 0 Å². The third-order valence-electron chi connectivity index (χ3n) is 11.0. The van der Waals surface area contributed by atoms with Crippen molar-refractivity contribution in [3.8, 4) is 0 Å². The van der Waals surface area contributed by atoms with Gasteiger partial charge in [-0.2, -0.15) is 0 Å². The van der Waals surface area contributed by atoms with E-state index in [1.807, 2.05) is 0 Å². The fourth-order valence-corrected chi connectivity index (χ4v) is 73.8. The minimum atomic E-state index is -2.12. The number of allylic oxidation sites excluding steroid dienone is 1. The van der Waals surface area contributed by atoms with Gasteiger partial charge in [0.2, 0.25) is 5.78 Å². The fraction of sp³-hybridized carbons (Fsp3) is 0.633. The van der Waals surface area contributed by atoms with E-state index in [0.717, 1.165) is 0 Å². The molecule has 1 aromatic carbocycles. The monoisotopic (exact) mass is 880 g/mol. The summed E-state index contributed by atoms with van der Waals surface area (Å²) in [7, 11) is 13.5. The predicted octanol–water partition coefficient (Wildman–Crippen LogP) is 7.67. The molecule has 1 aromatic rings. The van der Waals surface area contributed by atoms with Gasteiger partial charge in [-0.3, -0.25) is 9.59 Å². The molecular formula is C30H50O10P10. The quantitative estimate of drug-likeness (QED) is 0.136. The first-order chi connectivity index (χ1) is 23.2. The average Bonchev–Trinajstić information content (AvgIpc) is 3.04. The number of fused-ring (bicyclic) bond motifs is 3. The summed E-state index contributed by atoms with van der Waals surface area (Å²) in [6.45, 7) is 6.63. The van der Waals surface area contributed by atoms with Crippen LogP contribution in [0.5, 0.6) is 0 Å². The number of hydrogen-bond acceptors (Lipinski definition) is 10. The molecule has 0 saturated heterocycles. The lowest BCUT2D eigenvalue weighted by Gasteiger charge is -2.64. The molecule has 0 heterocycles. The average molecular weight is 880 g/mol. The van der Waals surface area contributed by atoms with Gasteiger partial charge >= 0.3 is 11.9 Å². The van der Waals surface area contributed by atoms with E-state index in [0.29, 0.717) is 13.5 Å². The highest BCUT2D eigenvalue weighted by molar-refractivity contribution is 9.10. The highest BCUT2D eigenvalue weighted by atomic mass is 33.1. The molecule has 2 saturated carbocycles. The van der Waals surface area contributed by atoms with Crippen molar-refractivity contribution >= 4 is 98.8 Å². The Morgan fingerprint density at radius 2 is 1.64 bits per heavy atom. The minimum absolute atomic E-state index is 0.0330. The molecule has 3 aliphatic rings. The van der Waals surface area contributed by atoms with Gasteiger partial charge in [0.15, 0.2) is 13.3 Å². The highest BCUT2D eigenvalue weighted by Crippen LogP contribution is 3.09. The molecular weight excluding hydrogens is 830 g/mol. The summed E-state index contributed by atoms with van der Waals surface area (Å²) >= 11 is 0. The number of ketones is 1. The van der Waals surface area contributed by atoms with Crippen molar-refractivity contribution in [2.75, 3.05) is 6.61 Å². The molecule has 280 valence electrons. The molecule has 0 radical (unpaired) electrons. The van der Waals surface area contributed by atoms with Gasteiger partial charge in [0.25, 0.3) is 0 Å². The molecule has 0 amide bonds. The Morgan fingerprint density at radius 1 is 1.04 bits per heavy atom. The number of aliphatic hydroxyl groups is 4. The lowest BCUT2D eigenvalue weighted by atomic mass is 9.44. The van der Waals surface area contributed by atoms with Crippen LogP contribution in [-0.4, -0.2) is 74.3 Å². The molecule has 3 aliphatic carbocycles. The molecule has 2 fully saturated rings. The van der Waals surface area contributed by atoms with Gasteiger partial charge in [0.05, 0.1) is 35.7 Å². The van der Waals surface area contributed by atoms with Crippen LogP contribution in [0.3, 0.4) is 0 Å². The number of carbonyl (C=O) groups excluding carboxylic acids is 3. The number of esters is 2. The Labute approximate surface area is 312 Å². The molecule has 4 rings (SSSR count). The minimum Gasteiger partial charge on any atom is -0.460 e. The fourth-order valence-electron chi connectivity index (χ4n) is 8.22. The molecule has 9 unspecified atom stereocenters. The Bertz CT molecular complexity index is 1480. The van der Waals surface area contributed by atoms with Gasteiger partial charge < -0.3 is 34.4 Å². The molecule has 4 N–H and O–H groups in total. The second kappa shape index (κ2) is 16.9. The van der Waals surface area contributed by atoms with Gasteiger partial charge in [-0.1, -0.05) is 71.7 Å². The Balaban J connectivity index is 2.17. The third kappa shape index (κ3) is 7.64. The standard InChI is InChI=1S/C30H50O10P10/c1-15-12-20(34)28(6)23(29(15,14-31)39-17(3)32)25(38-26(36)18-10-8-7-9-11-18)30(37)13-19(33)16(2)21(27(30,4)5)22(24(28)35)40-47(48(42)43)50(46-41)49(44)45/h7-11,15-16,19-20,23,25,31,33-34,37,46H,12-14,41-45H2,1-6H3/t15-,16?,19+,20+,23+,25+,28-,29+,30-,47?,50?/m1/s1. The highest BCUT2D eigenvalue weighted by Gasteiger charge is 2.74. The Hall–Kier alpha value is 1.51. The zero-order chi connectivity index (χ0) is 37.7. The summed E-state index contributed by atoms with van der Waals surface area (Å²) in [6, 6.07) is 8.15. The number of rotatable bonds is 10. The van der Waals surface area contributed by atoms with Crippen molar-refractivity contribution in [1.29, 1.82) is 0 Å². The van der Waals surface area contributed by atoms with E-state index in [2.05, 4.69) is 44.6 Å². The first-order valence-corrected chi connectivity index (χ1v) is 33.5. The van der Waals surface area contributed by atoms with Crippen molar-refractivity contribution < 1.29 is 48.8 Å². The summed E-state index contributed by atoms with van der Waals surface area (Å²) < 4.78 is 19.4. The molecule has 0 aliphatic heterocycles. The normalized spacial score (nSPS) is 36.9. The van der Waals surface area contributed by atoms with E-state index in [1.54, 1.807) is 58.0 Å². The largest absolute Gasteiger partial charge is 0.460 e. The second-order valence-electron chi connectivity index (χ2n) is 14.0. The SMILES string of the molecule is CC(=O)O[C@@]1(CO)[C@H](C)C[C@H](O)[C@@]2(C)C(=O)C(OP(P(P)P)P(PP)P(P)P)=C3C(C)[C@@H](O)C[C@@](O)([C@@H](OC(=O)c4ccccc4)[C@H]12)C3(C)C. The Morgan fingerprint density at radius 3 is 2.14 bits per heavy atom. The zero-order valence-corrected chi connectivity index (χ0v) is 39.2. The van der Waals surface area contributed by atoms with Crippen LogP contribution in [0.1, 0.15) is 64.7 Å². The van der Waals surface area contributed by atoms with E-state index < -0.39 is 111 Å². The number of Topliss-reactive ketones (excluding diaryl/α,β-unsaturated/α-hetero) is 1. The van der Waals surface area contributed by atoms with Crippen LogP contribution in [0.25, 0.3) is 0 Å². The smallest absolute Gasteiger partial charge is 0.338 e. The van der Waals surface area contributed by atoms with Crippen molar-refractivity contribution in [3.05, 3.63) is 47.2 Å². The zero-order valence-electron chi connectivity index (χ0n) is 28.9. The van der Waals surface area contributed by atoms with Crippen LogP contribution < -0.4 is 0 Å². The van der Waals surface area contributed by atoms with Gasteiger partial charge in [0, 0.05) is 44.6 Å². The maximum atomic E-state index is 15.7. The number of hydrogen-bond donors (Lipinski definition) is 4. The van der Waals surface area contributed by atoms with E-state index in [1.165, 1.54) is 13.8 Å². The number of carbonyl (C=O) groups is 3. The van der Waals surface area contributed by atoms with Gasteiger partial charge in [-0.25, -0.2) is 4.79 Å². The van der Waals surface area contributed by atoms with E-state index in [4.69, 9.17) is 14.0 Å². The molecule has 17 atom stereocenters. The van der Waals surface area contributed by atoms with Crippen LogP contribution in [0.2, 0.25) is 0 Å². The maximum Gasteiger partial charge on any atom is 0.338 e. The van der Waals surface area contributed by atoms with Crippen molar-refractivity contribution in [3.63, 3.8) is 0 Å². The molecule has 50 heavy (non-hydrogen) atoms.